The summed E-state index contributed by atoms with van der Waals surface area (Å²) in [5, 5.41) is 6.46. The summed E-state index contributed by atoms with van der Waals surface area (Å²) in [5.74, 6) is -0.792. The number of Topliss-reactive ketones (excluding diaryl/α,β-unsaturated/α-hetero) is 2. The number of nitrogens with zero attached hydrogens (tertiary/aromatic N) is 1. The third-order valence-electron chi connectivity index (χ3n) is 6.40. The monoisotopic (exact) mass is 482 g/mol. The molecule has 1 aliphatic rings. The van der Waals surface area contributed by atoms with E-state index >= 15 is 0 Å². The van der Waals surface area contributed by atoms with Gasteiger partial charge in [-0.15, -0.1) is 0 Å². The maximum absolute atomic E-state index is 13.6. The molecule has 1 rings (SSSR count). The summed E-state index contributed by atoms with van der Waals surface area (Å²) in [7, 11) is 0. The van der Waals surface area contributed by atoms with Crippen molar-refractivity contribution in [2.75, 3.05) is 19.6 Å². The predicted molar refractivity (Wildman–Crippen MR) is 132 cm³/mol. The lowest BCUT2D eigenvalue weighted by molar-refractivity contribution is -0.155. The Labute approximate surface area is 204 Å². The highest BCUT2D eigenvalue weighted by molar-refractivity contribution is 5.97. The molecule has 196 valence electrons. The maximum Gasteiger partial charge on any atom is 0.306 e. The van der Waals surface area contributed by atoms with E-state index in [1.807, 2.05) is 6.92 Å². The Morgan fingerprint density at radius 2 is 1.74 bits per heavy atom. The maximum atomic E-state index is 13.6. The summed E-state index contributed by atoms with van der Waals surface area (Å²) >= 11 is 0. The first-order valence-corrected chi connectivity index (χ1v) is 12.4. The van der Waals surface area contributed by atoms with E-state index < -0.39 is 34.7 Å². The molecule has 0 aromatic rings. The Hall–Kier alpha value is -1.84. The van der Waals surface area contributed by atoms with Crippen LogP contribution in [-0.4, -0.2) is 76.7 Å². The number of carbonyl (C=O) groups excluding carboxylic acids is 4. The van der Waals surface area contributed by atoms with E-state index in [1.165, 1.54) is 6.92 Å². The van der Waals surface area contributed by atoms with E-state index in [9.17, 15) is 19.2 Å². The molecule has 0 bridgehead atoms. The molecular formula is C25H46N4O5. The average Bonchev–Trinajstić information content (AvgIpc) is 3.23. The number of nitrogens with one attached hydrogen (secondary N) is 2. The number of carbonyl (C=O) groups is 4. The molecule has 1 amide bonds. The molecule has 1 aliphatic heterocycles. The smallest absolute Gasteiger partial charge is 0.306 e. The number of ketones is 2. The Balaban J connectivity index is 3.17. The molecule has 0 spiro atoms. The summed E-state index contributed by atoms with van der Waals surface area (Å²) in [4.78, 5) is 53.3. The molecule has 0 saturated carbocycles. The topological polar surface area (TPSA) is 131 Å². The summed E-state index contributed by atoms with van der Waals surface area (Å²) in [6, 6.07) is -1.28. The minimum absolute atomic E-state index is 0.0324. The van der Waals surface area contributed by atoms with Crippen LogP contribution in [-0.2, 0) is 23.9 Å². The number of hydrogen-bond acceptors (Lipinski definition) is 8. The molecule has 9 heteroatoms. The Morgan fingerprint density at radius 3 is 2.24 bits per heavy atom. The average molecular weight is 483 g/mol. The number of esters is 1. The van der Waals surface area contributed by atoms with Crippen LogP contribution in [0.2, 0.25) is 0 Å². The first-order valence-electron chi connectivity index (χ1n) is 12.4. The van der Waals surface area contributed by atoms with Crippen molar-refractivity contribution in [3.8, 4) is 0 Å². The Morgan fingerprint density at radius 1 is 1.12 bits per heavy atom. The second kappa shape index (κ2) is 12.2. The van der Waals surface area contributed by atoms with Crippen molar-refractivity contribution in [1.82, 2.24) is 15.5 Å². The van der Waals surface area contributed by atoms with Crippen LogP contribution in [0, 0.1) is 0 Å². The molecule has 1 heterocycles. The SMILES string of the molecule is CCC(C)(NC(CCC(=O)OC(C)(C)C)C(=O)C(C)(C)NCCN)C(=O)C1CCCN1C(C)=O. The van der Waals surface area contributed by atoms with Crippen LogP contribution in [0.5, 0.6) is 0 Å². The van der Waals surface area contributed by atoms with Gasteiger partial charge in [0.1, 0.15) is 5.60 Å². The molecule has 0 radical (unpaired) electrons. The van der Waals surface area contributed by atoms with Gasteiger partial charge in [0.25, 0.3) is 0 Å². The lowest BCUT2D eigenvalue weighted by Gasteiger charge is -2.39. The van der Waals surface area contributed by atoms with E-state index in [4.69, 9.17) is 10.5 Å². The van der Waals surface area contributed by atoms with Crippen molar-refractivity contribution >= 4 is 23.4 Å². The second-order valence-corrected chi connectivity index (χ2v) is 10.9. The van der Waals surface area contributed by atoms with Crippen LogP contribution in [0.1, 0.15) is 87.5 Å². The molecule has 1 fully saturated rings. The quantitative estimate of drug-likeness (QED) is 0.338. The van der Waals surface area contributed by atoms with Crippen molar-refractivity contribution in [2.24, 2.45) is 5.73 Å². The molecule has 34 heavy (non-hydrogen) atoms. The third-order valence-corrected chi connectivity index (χ3v) is 6.40. The van der Waals surface area contributed by atoms with E-state index in [1.54, 1.807) is 46.4 Å². The minimum atomic E-state index is -1.04. The van der Waals surface area contributed by atoms with Crippen molar-refractivity contribution < 1.29 is 23.9 Å². The fourth-order valence-corrected chi connectivity index (χ4v) is 4.35. The first kappa shape index (κ1) is 30.2. The molecule has 1 saturated heterocycles. The van der Waals surface area contributed by atoms with E-state index in [0.717, 1.165) is 6.42 Å². The van der Waals surface area contributed by atoms with Gasteiger partial charge < -0.3 is 20.7 Å². The molecule has 0 aromatic heterocycles. The molecule has 3 unspecified atom stereocenters. The summed E-state index contributed by atoms with van der Waals surface area (Å²) in [6.07, 6.45) is 2.03. The van der Waals surface area contributed by atoms with Crippen molar-refractivity contribution in [3.63, 3.8) is 0 Å². The van der Waals surface area contributed by atoms with Gasteiger partial charge in [-0.25, -0.2) is 0 Å². The fourth-order valence-electron chi connectivity index (χ4n) is 4.35. The van der Waals surface area contributed by atoms with E-state index in [-0.39, 0.29) is 30.3 Å². The zero-order valence-corrected chi connectivity index (χ0v) is 22.4. The van der Waals surface area contributed by atoms with E-state index in [2.05, 4.69) is 10.6 Å². The molecule has 0 aliphatic carbocycles. The lowest BCUT2D eigenvalue weighted by Crippen LogP contribution is -2.64. The number of hydrogen-bond donors (Lipinski definition) is 3. The van der Waals surface area contributed by atoms with Gasteiger partial charge in [0.2, 0.25) is 5.91 Å². The van der Waals surface area contributed by atoms with Crippen LogP contribution in [0.15, 0.2) is 0 Å². The van der Waals surface area contributed by atoms with Gasteiger partial charge in [-0.05, 0) is 67.2 Å². The standard InChI is InChI=1S/C25H46N4O5/c1-9-25(8,22(33)19-11-10-16-29(19)17(2)30)28-18(12-13-20(31)34-23(3,4)5)21(32)24(6,7)27-15-14-26/h18-19,27-28H,9-16,26H2,1-8H3. The van der Waals surface area contributed by atoms with Gasteiger partial charge in [-0.1, -0.05) is 6.92 Å². The van der Waals surface area contributed by atoms with Crippen LogP contribution in [0.25, 0.3) is 0 Å². The number of likely N-dealkylation sites (tertiary alicyclic amines) is 1. The number of rotatable bonds is 13. The Kier molecular flexibility index (Phi) is 10.9. The Bertz CT molecular complexity index is 746. The summed E-state index contributed by atoms with van der Waals surface area (Å²) in [5.41, 5.74) is 3.03. The predicted octanol–water partition coefficient (Wildman–Crippen LogP) is 1.71. The summed E-state index contributed by atoms with van der Waals surface area (Å²) in [6.45, 7) is 15.4. The number of nitrogens with two attached hydrogens (primary N) is 1. The van der Waals surface area contributed by atoms with E-state index in [0.29, 0.717) is 32.5 Å². The van der Waals surface area contributed by atoms with Crippen LogP contribution in [0.3, 0.4) is 0 Å². The largest absolute Gasteiger partial charge is 0.460 e. The second-order valence-electron chi connectivity index (χ2n) is 10.9. The van der Waals surface area contributed by atoms with Crippen LogP contribution in [0.4, 0.5) is 0 Å². The van der Waals surface area contributed by atoms with Gasteiger partial charge in [0, 0.05) is 33.0 Å². The number of amides is 1. The molecule has 4 N–H and O–H groups in total. The van der Waals surface area contributed by atoms with Gasteiger partial charge in [-0.2, -0.15) is 0 Å². The highest BCUT2D eigenvalue weighted by Gasteiger charge is 2.45. The highest BCUT2D eigenvalue weighted by atomic mass is 16.6. The van der Waals surface area contributed by atoms with Gasteiger partial charge in [0.15, 0.2) is 11.6 Å². The lowest BCUT2D eigenvalue weighted by atomic mass is 9.83. The number of ether oxygens (including phenoxy) is 1. The van der Waals surface area contributed by atoms with Gasteiger partial charge in [-0.3, -0.25) is 24.5 Å². The van der Waals surface area contributed by atoms with Crippen molar-refractivity contribution in [2.45, 2.75) is 116 Å². The molecular weight excluding hydrogens is 436 g/mol. The third kappa shape index (κ3) is 8.43. The molecule has 3 atom stereocenters. The van der Waals surface area contributed by atoms with Crippen LogP contribution >= 0.6 is 0 Å². The fraction of sp³-hybridized carbons (Fsp3) is 0.840. The minimum Gasteiger partial charge on any atom is -0.460 e. The molecule has 0 aromatic carbocycles. The zero-order valence-electron chi connectivity index (χ0n) is 22.4. The van der Waals surface area contributed by atoms with Crippen molar-refractivity contribution in [3.05, 3.63) is 0 Å². The van der Waals surface area contributed by atoms with Gasteiger partial charge >= 0.3 is 5.97 Å². The zero-order chi connectivity index (χ0) is 26.3. The normalized spacial score (nSPS) is 19.4. The van der Waals surface area contributed by atoms with Gasteiger partial charge in [0.05, 0.1) is 23.2 Å². The molecule has 9 nitrogen and oxygen atoms in total. The summed E-state index contributed by atoms with van der Waals surface area (Å²) < 4.78 is 5.42. The first-order chi connectivity index (χ1) is 15.6. The van der Waals surface area contributed by atoms with Crippen LogP contribution < -0.4 is 16.4 Å². The highest BCUT2D eigenvalue weighted by Crippen LogP contribution is 2.26. The van der Waals surface area contributed by atoms with Crippen molar-refractivity contribution in [1.29, 1.82) is 0 Å².